The molecular formula is C14H7ClO4S. The Kier molecular flexibility index (Phi) is 2.77. The lowest BCUT2D eigenvalue weighted by molar-refractivity contribution is 0.102. The van der Waals surface area contributed by atoms with Gasteiger partial charge in [0.1, 0.15) is 0 Å². The molecule has 4 nitrogen and oxygen atoms in total. The Balaban J connectivity index is 2.38. The molecule has 0 saturated heterocycles. The lowest BCUT2D eigenvalue weighted by Crippen LogP contribution is -2.20. The molecule has 0 aliphatic carbocycles. The molecular weight excluding hydrogens is 300 g/mol. The van der Waals surface area contributed by atoms with Crippen LogP contribution in [0.15, 0.2) is 52.3 Å². The molecule has 0 amide bonds. The molecule has 0 fully saturated rings. The van der Waals surface area contributed by atoms with Crippen LogP contribution < -0.4 is 0 Å². The van der Waals surface area contributed by atoms with Gasteiger partial charge in [0.2, 0.25) is 9.84 Å². The number of ketones is 1. The summed E-state index contributed by atoms with van der Waals surface area (Å²) in [5.74, 6) is -0.376. The van der Waals surface area contributed by atoms with Crippen molar-refractivity contribution in [2.24, 2.45) is 0 Å². The summed E-state index contributed by atoms with van der Waals surface area (Å²) in [6, 6.07) is 9.81. The average molecular weight is 307 g/mol. The van der Waals surface area contributed by atoms with Gasteiger partial charge in [-0.25, -0.2) is 8.42 Å². The number of hydrogen-bond donors (Lipinski definition) is 0. The number of hydrogen-bond acceptors (Lipinski definition) is 4. The van der Waals surface area contributed by atoms with E-state index in [1.54, 1.807) is 12.1 Å². The van der Waals surface area contributed by atoms with Crippen molar-refractivity contribution in [2.75, 3.05) is 0 Å². The molecule has 0 radical (unpaired) electrons. The van der Waals surface area contributed by atoms with Gasteiger partial charge in [0, 0.05) is 16.7 Å². The molecule has 0 spiro atoms. The monoisotopic (exact) mass is 306 g/mol. The first-order valence-electron chi connectivity index (χ1n) is 5.65. The Morgan fingerprint density at radius 1 is 0.950 bits per heavy atom. The van der Waals surface area contributed by atoms with E-state index in [2.05, 4.69) is 0 Å². The SMILES string of the molecule is O=C(Cl)c1ccc2c(c1)S(=O)(=O)c1ccccc1C2=O. The average Bonchev–Trinajstić information content (AvgIpc) is 2.44. The Hall–Kier alpha value is -1.98. The highest BCUT2D eigenvalue weighted by Gasteiger charge is 2.34. The van der Waals surface area contributed by atoms with E-state index in [1.165, 1.54) is 24.3 Å². The minimum absolute atomic E-state index is 0.0428. The van der Waals surface area contributed by atoms with Crippen molar-refractivity contribution >= 4 is 32.5 Å². The molecule has 1 heterocycles. The van der Waals surface area contributed by atoms with E-state index in [4.69, 9.17) is 11.6 Å². The zero-order valence-corrected chi connectivity index (χ0v) is 11.5. The molecule has 0 unspecified atom stereocenters. The zero-order valence-electron chi connectivity index (χ0n) is 9.96. The van der Waals surface area contributed by atoms with Crippen molar-refractivity contribution in [3.05, 3.63) is 59.2 Å². The number of sulfone groups is 1. The van der Waals surface area contributed by atoms with Crippen LogP contribution in [0.3, 0.4) is 0 Å². The van der Waals surface area contributed by atoms with E-state index in [9.17, 15) is 18.0 Å². The predicted octanol–water partition coefficient (Wildman–Crippen LogP) is 2.44. The first-order valence-corrected chi connectivity index (χ1v) is 7.52. The van der Waals surface area contributed by atoms with Gasteiger partial charge in [-0.3, -0.25) is 9.59 Å². The Morgan fingerprint density at radius 2 is 1.60 bits per heavy atom. The molecule has 2 aromatic rings. The van der Waals surface area contributed by atoms with Gasteiger partial charge >= 0.3 is 0 Å². The minimum Gasteiger partial charge on any atom is -0.289 e. The number of fused-ring (bicyclic) bond motifs is 2. The van der Waals surface area contributed by atoms with E-state index >= 15 is 0 Å². The van der Waals surface area contributed by atoms with Crippen LogP contribution in [0.4, 0.5) is 0 Å². The topological polar surface area (TPSA) is 68.3 Å². The highest BCUT2D eigenvalue weighted by atomic mass is 35.5. The molecule has 1 aliphatic rings. The van der Waals surface area contributed by atoms with Gasteiger partial charge in [-0.05, 0) is 41.9 Å². The van der Waals surface area contributed by atoms with Gasteiger partial charge in [0.25, 0.3) is 5.24 Å². The Morgan fingerprint density at radius 3 is 2.30 bits per heavy atom. The largest absolute Gasteiger partial charge is 0.289 e. The van der Waals surface area contributed by atoms with Gasteiger partial charge < -0.3 is 0 Å². The molecule has 20 heavy (non-hydrogen) atoms. The van der Waals surface area contributed by atoms with Crippen LogP contribution in [0.5, 0.6) is 0 Å². The summed E-state index contributed by atoms with van der Waals surface area (Å²) in [4.78, 5) is 23.2. The summed E-state index contributed by atoms with van der Waals surface area (Å²) < 4.78 is 25.0. The number of halogens is 1. The van der Waals surface area contributed by atoms with Crippen LogP contribution in [0.1, 0.15) is 26.3 Å². The number of carbonyl (C=O) groups is 2. The van der Waals surface area contributed by atoms with E-state index in [0.717, 1.165) is 6.07 Å². The fourth-order valence-corrected chi connectivity index (χ4v) is 4.00. The molecule has 2 aromatic carbocycles. The quantitative estimate of drug-likeness (QED) is 0.648. The second-order valence-corrected chi connectivity index (χ2v) is 6.54. The first kappa shape index (κ1) is 13.0. The summed E-state index contributed by atoms with van der Waals surface area (Å²) in [6.07, 6.45) is 0. The number of carbonyl (C=O) groups excluding carboxylic acids is 2. The standard InChI is InChI=1S/C14H7ClO4S/c15-14(17)8-5-6-10-12(7-8)20(18,19)11-4-2-1-3-9(11)13(10)16/h1-7H. The summed E-state index contributed by atoms with van der Waals surface area (Å²) in [6.45, 7) is 0. The maximum atomic E-state index is 12.5. The van der Waals surface area contributed by atoms with Gasteiger partial charge in [-0.15, -0.1) is 0 Å². The van der Waals surface area contributed by atoms with Crippen LogP contribution in [-0.4, -0.2) is 19.4 Å². The van der Waals surface area contributed by atoms with Gasteiger partial charge in [-0.2, -0.15) is 0 Å². The van der Waals surface area contributed by atoms with Crippen molar-refractivity contribution in [1.82, 2.24) is 0 Å². The fourth-order valence-electron chi connectivity index (χ4n) is 2.21. The predicted molar refractivity (Wildman–Crippen MR) is 72.0 cm³/mol. The molecule has 0 atom stereocenters. The molecule has 100 valence electrons. The highest BCUT2D eigenvalue weighted by Crippen LogP contribution is 2.34. The third kappa shape index (κ3) is 1.71. The molecule has 1 aliphatic heterocycles. The maximum Gasteiger partial charge on any atom is 0.252 e. The second kappa shape index (κ2) is 4.26. The van der Waals surface area contributed by atoms with Crippen molar-refractivity contribution < 1.29 is 18.0 Å². The van der Waals surface area contributed by atoms with Crippen LogP contribution in [-0.2, 0) is 9.84 Å². The van der Waals surface area contributed by atoms with Gasteiger partial charge in [-0.1, -0.05) is 12.1 Å². The van der Waals surface area contributed by atoms with E-state index in [1.807, 2.05) is 0 Å². The first-order chi connectivity index (χ1) is 9.43. The molecule has 6 heteroatoms. The van der Waals surface area contributed by atoms with Crippen molar-refractivity contribution in [3.63, 3.8) is 0 Å². The normalized spacial score (nSPS) is 15.3. The zero-order chi connectivity index (χ0) is 14.5. The second-order valence-electron chi connectivity index (χ2n) is 4.31. The van der Waals surface area contributed by atoms with Gasteiger partial charge in [0.05, 0.1) is 9.79 Å². The number of rotatable bonds is 1. The van der Waals surface area contributed by atoms with E-state index in [-0.39, 0.29) is 32.3 Å². The Bertz CT molecular complexity index is 868. The van der Waals surface area contributed by atoms with Crippen LogP contribution in [0.2, 0.25) is 0 Å². The Labute approximate surface area is 119 Å². The lowest BCUT2D eigenvalue weighted by atomic mass is 10.0. The van der Waals surface area contributed by atoms with Gasteiger partial charge in [0.15, 0.2) is 5.78 Å². The molecule has 3 rings (SSSR count). The maximum absolute atomic E-state index is 12.5. The number of benzene rings is 2. The summed E-state index contributed by atoms with van der Waals surface area (Å²) in [7, 11) is -3.82. The summed E-state index contributed by atoms with van der Waals surface area (Å²) in [5, 5.41) is -0.769. The van der Waals surface area contributed by atoms with Crippen LogP contribution >= 0.6 is 11.6 Å². The van der Waals surface area contributed by atoms with E-state index in [0.29, 0.717) is 0 Å². The summed E-state index contributed by atoms with van der Waals surface area (Å²) in [5.41, 5.74) is 0.247. The van der Waals surface area contributed by atoms with Crippen molar-refractivity contribution in [3.8, 4) is 0 Å². The molecule has 0 saturated carbocycles. The lowest BCUT2D eigenvalue weighted by Gasteiger charge is -2.18. The summed E-state index contributed by atoms with van der Waals surface area (Å²) >= 11 is 5.36. The molecule has 0 aromatic heterocycles. The van der Waals surface area contributed by atoms with Crippen molar-refractivity contribution in [1.29, 1.82) is 0 Å². The van der Waals surface area contributed by atoms with E-state index < -0.39 is 15.1 Å². The van der Waals surface area contributed by atoms with Crippen LogP contribution in [0.25, 0.3) is 0 Å². The fraction of sp³-hybridized carbons (Fsp3) is 0. The van der Waals surface area contributed by atoms with Crippen LogP contribution in [0, 0.1) is 0 Å². The minimum atomic E-state index is -3.82. The van der Waals surface area contributed by atoms with Crippen molar-refractivity contribution in [2.45, 2.75) is 9.79 Å². The molecule has 0 N–H and O–H groups in total. The third-order valence-electron chi connectivity index (χ3n) is 3.16. The highest BCUT2D eigenvalue weighted by molar-refractivity contribution is 7.91. The smallest absolute Gasteiger partial charge is 0.252 e. The third-order valence-corrected chi connectivity index (χ3v) is 5.23. The molecule has 0 bridgehead atoms.